The summed E-state index contributed by atoms with van der Waals surface area (Å²) in [6.45, 7) is 2.51. The Morgan fingerprint density at radius 2 is 1.92 bits per heavy atom. The predicted octanol–water partition coefficient (Wildman–Crippen LogP) is 7.24. The molecule has 0 unspecified atom stereocenters. The molecule has 1 heterocycles. The summed E-state index contributed by atoms with van der Waals surface area (Å²) in [5.74, 6) is 0.862. The van der Waals surface area contributed by atoms with Crippen LogP contribution in [0.15, 0.2) is 65.6 Å². The van der Waals surface area contributed by atoms with Gasteiger partial charge in [0.25, 0.3) is 11.6 Å². The maximum Gasteiger partial charge on any atom is 0.270 e. The standard InChI is InChI=1S/C25H18ClIN2O5S2/c1-2-33-21-11-16(10-20(27)23(21)34-14-15-6-8-18(9-7-15)29(31)32)12-22-24(30)28(25(35)36-22)19-5-3-4-17(26)13-19/h3-13H,2,14H2,1H3/b22-12-. The number of benzene rings is 3. The molecule has 0 aliphatic carbocycles. The second-order valence-corrected chi connectivity index (χ2v) is 10.7. The first-order chi connectivity index (χ1) is 17.3. The van der Waals surface area contributed by atoms with Gasteiger partial charge >= 0.3 is 0 Å². The number of nitrogens with zero attached hydrogens (tertiary/aromatic N) is 2. The van der Waals surface area contributed by atoms with Gasteiger partial charge in [0.05, 0.1) is 25.7 Å². The molecule has 1 saturated heterocycles. The molecule has 36 heavy (non-hydrogen) atoms. The lowest BCUT2D eigenvalue weighted by Crippen LogP contribution is -2.27. The Morgan fingerprint density at radius 1 is 1.17 bits per heavy atom. The molecule has 3 aromatic carbocycles. The van der Waals surface area contributed by atoms with Gasteiger partial charge in [-0.2, -0.15) is 0 Å². The van der Waals surface area contributed by atoms with Crippen molar-refractivity contribution in [3.05, 3.63) is 95.4 Å². The smallest absolute Gasteiger partial charge is 0.270 e. The van der Waals surface area contributed by atoms with E-state index in [-0.39, 0.29) is 18.2 Å². The van der Waals surface area contributed by atoms with Gasteiger partial charge in [0.15, 0.2) is 15.8 Å². The molecule has 0 radical (unpaired) electrons. The maximum atomic E-state index is 13.1. The highest BCUT2D eigenvalue weighted by atomic mass is 127. The third-order valence-corrected chi connectivity index (χ3v) is 7.36. The summed E-state index contributed by atoms with van der Waals surface area (Å²) in [6.07, 6.45) is 1.77. The Hall–Kier alpha value is -2.67. The quantitative estimate of drug-likeness (QED) is 0.0835. The summed E-state index contributed by atoms with van der Waals surface area (Å²) in [6, 6.07) is 16.9. The molecule has 0 atom stereocenters. The third kappa shape index (κ3) is 6.00. The first-order valence-electron chi connectivity index (χ1n) is 10.6. The van der Waals surface area contributed by atoms with Crippen LogP contribution in [-0.4, -0.2) is 21.8 Å². The summed E-state index contributed by atoms with van der Waals surface area (Å²) in [5, 5.41) is 11.4. The van der Waals surface area contributed by atoms with E-state index >= 15 is 0 Å². The molecule has 0 aromatic heterocycles. The fourth-order valence-corrected chi connectivity index (χ4v) is 5.67. The Kier molecular flexibility index (Phi) is 8.50. The molecule has 1 amide bonds. The highest BCUT2D eigenvalue weighted by Crippen LogP contribution is 2.39. The number of halogens is 2. The third-order valence-electron chi connectivity index (χ3n) is 5.02. The molecule has 1 fully saturated rings. The van der Waals surface area contributed by atoms with Crippen LogP contribution >= 0.6 is 58.2 Å². The molecule has 3 aromatic rings. The van der Waals surface area contributed by atoms with E-state index in [1.54, 1.807) is 42.5 Å². The Balaban J connectivity index is 1.57. The number of nitro groups is 1. The monoisotopic (exact) mass is 652 g/mol. The van der Waals surface area contributed by atoms with Crippen molar-refractivity contribution in [1.82, 2.24) is 0 Å². The zero-order valence-corrected chi connectivity index (χ0v) is 23.3. The molecule has 0 N–H and O–H groups in total. The summed E-state index contributed by atoms with van der Waals surface area (Å²) < 4.78 is 13.1. The van der Waals surface area contributed by atoms with Gasteiger partial charge in [0.1, 0.15) is 6.61 Å². The van der Waals surface area contributed by atoms with E-state index in [1.165, 1.54) is 28.8 Å². The van der Waals surface area contributed by atoms with Gasteiger partial charge in [-0.05, 0) is 89.2 Å². The number of ether oxygens (including phenoxy) is 2. The zero-order valence-electron chi connectivity index (χ0n) is 18.8. The minimum Gasteiger partial charge on any atom is -0.490 e. The van der Waals surface area contributed by atoms with E-state index in [4.69, 9.17) is 33.3 Å². The van der Waals surface area contributed by atoms with E-state index in [0.717, 1.165) is 14.7 Å². The Bertz CT molecular complexity index is 1380. The van der Waals surface area contributed by atoms with Crippen molar-refractivity contribution in [2.75, 3.05) is 11.5 Å². The summed E-state index contributed by atoms with van der Waals surface area (Å²) in [5.41, 5.74) is 2.19. The average molecular weight is 653 g/mol. The second-order valence-electron chi connectivity index (χ2n) is 7.47. The Morgan fingerprint density at radius 3 is 2.58 bits per heavy atom. The molecule has 11 heteroatoms. The van der Waals surface area contributed by atoms with Crippen molar-refractivity contribution in [3.63, 3.8) is 0 Å². The number of carbonyl (C=O) groups excluding carboxylic acids is 1. The fourth-order valence-electron chi connectivity index (χ4n) is 3.40. The van der Waals surface area contributed by atoms with E-state index < -0.39 is 4.92 Å². The summed E-state index contributed by atoms with van der Waals surface area (Å²) in [7, 11) is 0. The molecule has 1 aliphatic heterocycles. The molecule has 0 bridgehead atoms. The van der Waals surface area contributed by atoms with Crippen molar-refractivity contribution in [2.24, 2.45) is 0 Å². The lowest BCUT2D eigenvalue weighted by molar-refractivity contribution is -0.384. The highest BCUT2D eigenvalue weighted by Gasteiger charge is 2.33. The maximum absolute atomic E-state index is 13.1. The van der Waals surface area contributed by atoms with Crippen LogP contribution in [-0.2, 0) is 11.4 Å². The average Bonchev–Trinajstić information content (AvgIpc) is 3.11. The zero-order chi connectivity index (χ0) is 25.8. The van der Waals surface area contributed by atoms with Crippen molar-refractivity contribution in [3.8, 4) is 11.5 Å². The van der Waals surface area contributed by atoms with Crippen LogP contribution in [0.1, 0.15) is 18.1 Å². The van der Waals surface area contributed by atoms with E-state index in [1.807, 2.05) is 19.1 Å². The number of carbonyl (C=O) groups is 1. The van der Waals surface area contributed by atoms with Gasteiger partial charge in [-0.25, -0.2) is 0 Å². The fraction of sp³-hybridized carbons (Fsp3) is 0.120. The van der Waals surface area contributed by atoms with Crippen LogP contribution < -0.4 is 14.4 Å². The van der Waals surface area contributed by atoms with Crippen molar-refractivity contribution < 1.29 is 19.2 Å². The second kappa shape index (κ2) is 11.6. The first kappa shape index (κ1) is 26.4. The normalized spacial score (nSPS) is 14.4. The molecule has 0 spiro atoms. The van der Waals surface area contributed by atoms with Crippen molar-refractivity contribution in [2.45, 2.75) is 13.5 Å². The van der Waals surface area contributed by atoms with Gasteiger partial charge in [0.2, 0.25) is 0 Å². The number of hydrogen-bond donors (Lipinski definition) is 0. The molecular formula is C25H18ClIN2O5S2. The minimum atomic E-state index is -0.442. The Labute approximate surface area is 235 Å². The van der Waals surface area contributed by atoms with E-state index in [9.17, 15) is 14.9 Å². The molecule has 184 valence electrons. The van der Waals surface area contributed by atoms with Gasteiger partial charge in [-0.15, -0.1) is 0 Å². The number of rotatable bonds is 8. The van der Waals surface area contributed by atoms with Crippen LogP contribution in [0.3, 0.4) is 0 Å². The number of hydrogen-bond acceptors (Lipinski definition) is 7. The van der Waals surface area contributed by atoms with Crippen LogP contribution in [0.25, 0.3) is 6.08 Å². The van der Waals surface area contributed by atoms with Crippen molar-refractivity contribution >= 4 is 85.9 Å². The number of thiocarbonyl (C=S) groups is 1. The van der Waals surface area contributed by atoms with Crippen molar-refractivity contribution in [1.29, 1.82) is 0 Å². The highest BCUT2D eigenvalue weighted by molar-refractivity contribution is 14.1. The van der Waals surface area contributed by atoms with Gasteiger partial charge in [-0.3, -0.25) is 19.8 Å². The van der Waals surface area contributed by atoms with Gasteiger partial charge in [-0.1, -0.05) is 41.6 Å². The molecular weight excluding hydrogens is 635 g/mol. The molecule has 1 aliphatic rings. The minimum absolute atomic E-state index is 0.0217. The van der Waals surface area contributed by atoms with E-state index in [2.05, 4.69) is 22.6 Å². The predicted molar refractivity (Wildman–Crippen MR) is 155 cm³/mol. The SMILES string of the molecule is CCOc1cc(/C=C2\SC(=S)N(c3cccc(Cl)c3)C2=O)cc(I)c1OCc1ccc([N+](=O)[O-])cc1. The molecule has 4 rings (SSSR count). The van der Waals surface area contributed by atoms with Crippen LogP contribution in [0, 0.1) is 13.7 Å². The first-order valence-corrected chi connectivity index (χ1v) is 13.3. The molecule has 7 nitrogen and oxygen atoms in total. The number of thioether (sulfide) groups is 1. The molecule has 0 saturated carbocycles. The van der Waals surface area contributed by atoms with Crippen LogP contribution in [0.5, 0.6) is 11.5 Å². The summed E-state index contributed by atoms with van der Waals surface area (Å²) in [4.78, 5) is 25.5. The van der Waals surface area contributed by atoms with E-state index in [0.29, 0.717) is 38.0 Å². The van der Waals surface area contributed by atoms with Crippen LogP contribution in [0.2, 0.25) is 5.02 Å². The lowest BCUT2D eigenvalue weighted by atomic mass is 10.1. The lowest BCUT2D eigenvalue weighted by Gasteiger charge is -2.15. The summed E-state index contributed by atoms with van der Waals surface area (Å²) >= 11 is 14.9. The van der Waals surface area contributed by atoms with Gasteiger partial charge in [0, 0.05) is 17.2 Å². The number of nitro benzene ring substituents is 1. The topological polar surface area (TPSA) is 81.9 Å². The number of non-ortho nitro benzene ring substituents is 1. The number of amides is 1. The van der Waals surface area contributed by atoms with Gasteiger partial charge < -0.3 is 9.47 Å². The number of anilines is 1. The van der Waals surface area contributed by atoms with Crippen LogP contribution in [0.4, 0.5) is 11.4 Å². The largest absolute Gasteiger partial charge is 0.490 e.